The molecule has 7 rings (SSSR count). The van der Waals surface area contributed by atoms with Crippen LogP contribution < -0.4 is 9.47 Å². The van der Waals surface area contributed by atoms with Gasteiger partial charge in [-0.15, -0.1) is 0 Å². The first-order chi connectivity index (χ1) is 22.0. The van der Waals surface area contributed by atoms with Gasteiger partial charge in [-0.3, -0.25) is 0 Å². The number of carbonyl (C=O) groups excluding carboxylic acids is 2. The molecule has 0 heterocycles. The lowest BCUT2D eigenvalue weighted by Crippen LogP contribution is -2.38. The third-order valence-electron chi connectivity index (χ3n) is 11.1. The first-order valence-corrected chi connectivity index (χ1v) is 17.7. The van der Waals surface area contributed by atoms with Crippen LogP contribution in [0.3, 0.4) is 0 Å². The molecule has 6 atom stereocenters. The smallest absolute Gasteiger partial charge is 0.344 e. The molecule has 0 aromatic heterocycles. The van der Waals surface area contributed by atoms with Gasteiger partial charge in [0, 0.05) is 26.6 Å². The van der Waals surface area contributed by atoms with Crippen molar-refractivity contribution >= 4 is 45.1 Å². The van der Waals surface area contributed by atoms with Crippen LogP contribution in [0.15, 0.2) is 42.5 Å². The van der Waals surface area contributed by atoms with Crippen molar-refractivity contribution in [2.24, 2.45) is 23.7 Å². The van der Waals surface area contributed by atoms with E-state index in [0.29, 0.717) is 40.2 Å². The van der Waals surface area contributed by atoms with E-state index in [1.54, 1.807) is 6.07 Å². The number of carbonyl (C=O) groups is 2. The van der Waals surface area contributed by atoms with E-state index in [4.69, 9.17) is 30.5 Å². The second-order valence-corrected chi connectivity index (χ2v) is 14.2. The molecule has 4 aliphatic rings. The van der Waals surface area contributed by atoms with Crippen LogP contribution in [0.5, 0.6) is 11.5 Å². The number of benzene rings is 3. The van der Waals surface area contributed by atoms with Crippen molar-refractivity contribution in [3.8, 4) is 11.5 Å². The van der Waals surface area contributed by atoms with Gasteiger partial charge < -0.3 is 18.9 Å². The SMILES string of the molecule is O=C(COc1c2ccccc2c(OCC(=O)OC2CCCC3CCCCC32)c2cc(Cl)ccc12)OC1CCCC2CCCCC21. The van der Waals surface area contributed by atoms with Gasteiger partial charge in [0.1, 0.15) is 23.7 Å². The van der Waals surface area contributed by atoms with Gasteiger partial charge in [0.05, 0.1) is 0 Å². The predicted molar refractivity (Wildman–Crippen MR) is 176 cm³/mol. The molecule has 4 fully saturated rings. The molecule has 6 unspecified atom stereocenters. The highest BCUT2D eigenvalue weighted by Crippen LogP contribution is 2.45. The van der Waals surface area contributed by atoms with Crippen molar-refractivity contribution in [2.45, 2.75) is 102 Å². The molecule has 0 bridgehead atoms. The molecule has 0 N–H and O–H groups in total. The van der Waals surface area contributed by atoms with Crippen LogP contribution in [0.25, 0.3) is 21.5 Å². The normalized spacial score (nSPS) is 28.1. The first kappa shape index (κ1) is 30.7. The van der Waals surface area contributed by atoms with Crippen LogP contribution in [0.4, 0.5) is 0 Å². The summed E-state index contributed by atoms with van der Waals surface area (Å²) >= 11 is 6.48. The van der Waals surface area contributed by atoms with Crippen LogP contribution in [-0.2, 0) is 19.1 Å². The highest BCUT2D eigenvalue weighted by Gasteiger charge is 2.38. The number of ether oxygens (including phenoxy) is 4. The second kappa shape index (κ2) is 13.8. The molecule has 0 saturated heterocycles. The second-order valence-electron chi connectivity index (χ2n) is 13.8. The van der Waals surface area contributed by atoms with E-state index in [1.165, 1.54) is 51.4 Å². The molecule has 240 valence electrons. The molecule has 4 saturated carbocycles. The summed E-state index contributed by atoms with van der Waals surface area (Å²) in [5.41, 5.74) is 0. The summed E-state index contributed by atoms with van der Waals surface area (Å²) in [6.07, 6.45) is 16.4. The molecule has 0 aliphatic heterocycles. The van der Waals surface area contributed by atoms with Gasteiger partial charge in [0.25, 0.3) is 0 Å². The van der Waals surface area contributed by atoms with E-state index in [-0.39, 0.29) is 37.4 Å². The average molecular weight is 633 g/mol. The average Bonchev–Trinajstić information content (AvgIpc) is 3.06. The van der Waals surface area contributed by atoms with Crippen LogP contribution in [-0.4, -0.2) is 37.4 Å². The van der Waals surface area contributed by atoms with Crippen molar-refractivity contribution < 1.29 is 28.5 Å². The maximum atomic E-state index is 13.1. The third-order valence-corrected chi connectivity index (χ3v) is 11.4. The quantitative estimate of drug-likeness (QED) is 0.182. The summed E-state index contributed by atoms with van der Waals surface area (Å²) in [6.45, 7) is -0.360. The van der Waals surface area contributed by atoms with E-state index in [2.05, 4.69) is 0 Å². The van der Waals surface area contributed by atoms with E-state index in [1.807, 2.05) is 36.4 Å². The van der Waals surface area contributed by atoms with E-state index in [9.17, 15) is 9.59 Å². The largest absolute Gasteiger partial charge is 0.481 e. The number of halogens is 1. The fourth-order valence-corrected chi connectivity index (χ4v) is 9.27. The minimum atomic E-state index is -0.337. The molecule has 6 nitrogen and oxygen atoms in total. The molecule has 4 aliphatic carbocycles. The summed E-state index contributed by atoms with van der Waals surface area (Å²) in [4.78, 5) is 26.3. The van der Waals surface area contributed by atoms with Crippen LogP contribution >= 0.6 is 11.6 Å². The number of hydrogen-bond donors (Lipinski definition) is 0. The summed E-state index contributed by atoms with van der Waals surface area (Å²) in [7, 11) is 0. The molecule has 7 heteroatoms. The van der Waals surface area contributed by atoms with Crippen molar-refractivity contribution in [3.63, 3.8) is 0 Å². The Morgan fingerprint density at radius 3 is 1.60 bits per heavy atom. The molecule has 45 heavy (non-hydrogen) atoms. The highest BCUT2D eigenvalue weighted by molar-refractivity contribution is 6.31. The fraction of sp³-hybridized carbons (Fsp3) is 0.579. The Morgan fingerprint density at radius 1 is 0.578 bits per heavy atom. The van der Waals surface area contributed by atoms with Crippen LogP contribution in [0.2, 0.25) is 5.02 Å². The Bertz CT molecular complexity index is 1530. The molecule has 3 aromatic carbocycles. The van der Waals surface area contributed by atoms with Gasteiger partial charge in [-0.05, 0) is 93.2 Å². The summed E-state index contributed by atoms with van der Waals surface area (Å²) < 4.78 is 24.7. The molecule has 0 radical (unpaired) electrons. The molecule has 0 amide bonds. The number of fused-ring (bicyclic) bond motifs is 4. The molecule has 3 aromatic rings. The van der Waals surface area contributed by atoms with Gasteiger partial charge in [-0.2, -0.15) is 0 Å². The van der Waals surface area contributed by atoms with Crippen LogP contribution in [0.1, 0.15) is 89.9 Å². The van der Waals surface area contributed by atoms with Crippen LogP contribution in [0, 0.1) is 23.7 Å². The maximum Gasteiger partial charge on any atom is 0.344 e. The van der Waals surface area contributed by atoms with Crippen molar-refractivity contribution in [3.05, 3.63) is 47.5 Å². The standard InChI is InChI=1S/C38H45ClO6/c39-26-19-20-31-32(21-26)38(43-23-36(41)45-34-18-8-12-25-10-2-4-14-28(25)34)30-16-6-5-15-29(30)37(31)42-22-35(40)44-33-17-7-11-24-9-1-3-13-27(24)33/h5-6,15-16,19-21,24-25,27-28,33-34H,1-4,7-14,17-18,22-23H2. The Morgan fingerprint density at radius 2 is 1.04 bits per heavy atom. The van der Waals surface area contributed by atoms with Crippen molar-refractivity contribution in [1.82, 2.24) is 0 Å². The van der Waals surface area contributed by atoms with Gasteiger partial charge >= 0.3 is 11.9 Å². The molecular weight excluding hydrogens is 588 g/mol. The zero-order chi connectivity index (χ0) is 30.8. The number of esters is 2. The lowest BCUT2D eigenvalue weighted by molar-refractivity contribution is -0.159. The Kier molecular flexibility index (Phi) is 9.39. The first-order valence-electron chi connectivity index (χ1n) is 17.3. The van der Waals surface area contributed by atoms with Gasteiger partial charge in [-0.25, -0.2) is 9.59 Å². The van der Waals surface area contributed by atoms with E-state index < -0.39 is 0 Å². The zero-order valence-electron chi connectivity index (χ0n) is 26.1. The predicted octanol–water partition coefficient (Wildman–Crippen LogP) is 9.21. The maximum absolute atomic E-state index is 13.1. The van der Waals surface area contributed by atoms with E-state index >= 15 is 0 Å². The van der Waals surface area contributed by atoms with Gasteiger partial charge in [0.2, 0.25) is 0 Å². The molecular formula is C38H45ClO6. The monoisotopic (exact) mass is 632 g/mol. The van der Waals surface area contributed by atoms with Gasteiger partial charge in [-0.1, -0.05) is 74.4 Å². The lowest BCUT2D eigenvalue weighted by Gasteiger charge is -2.40. The minimum Gasteiger partial charge on any atom is -0.481 e. The highest BCUT2D eigenvalue weighted by atomic mass is 35.5. The lowest BCUT2D eigenvalue weighted by atomic mass is 9.69. The van der Waals surface area contributed by atoms with Crippen molar-refractivity contribution in [1.29, 1.82) is 0 Å². The minimum absolute atomic E-state index is 0.0133. The van der Waals surface area contributed by atoms with Crippen molar-refractivity contribution in [2.75, 3.05) is 13.2 Å². The molecule has 0 spiro atoms. The topological polar surface area (TPSA) is 71.1 Å². The number of hydrogen-bond acceptors (Lipinski definition) is 6. The third kappa shape index (κ3) is 6.63. The Balaban J connectivity index is 1.09. The van der Waals surface area contributed by atoms with E-state index in [0.717, 1.165) is 60.1 Å². The zero-order valence-corrected chi connectivity index (χ0v) is 26.9. The summed E-state index contributed by atoms with van der Waals surface area (Å²) in [5, 5.41) is 3.60. The Labute approximate surface area is 271 Å². The fourth-order valence-electron chi connectivity index (χ4n) is 9.10. The number of rotatable bonds is 8. The summed E-state index contributed by atoms with van der Waals surface area (Å²) in [6, 6.07) is 13.3. The summed E-state index contributed by atoms with van der Waals surface area (Å²) in [5.74, 6) is 2.78. The van der Waals surface area contributed by atoms with Gasteiger partial charge in [0.15, 0.2) is 13.2 Å². The Hall–Kier alpha value is -2.99.